The number of hydrogen-bond acceptors (Lipinski definition) is 6. The highest BCUT2D eigenvalue weighted by atomic mass is 16.5. The lowest BCUT2D eigenvalue weighted by Crippen LogP contribution is -2.39. The van der Waals surface area contributed by atoms with E-state index in [2.05, 4.69) is 22.3 Å². The van der Waals surface area contributed by atoms with Crippen molar-refractivity contribution in [3.05, 3.63) is 41.3 Å². The molecule has 1 saturated heterocycles. The summed E-state index contributed by atoms with van der Waals surface area (Å²) >= 11 is 0. The number of amides is 1. The fourth-order valence-electron chi connectivity index (χ4n) is 3.80. The van der Waals surface area contributed by atoms with E-state index >= 15 is 0 Å². The molecule has 1 saturated carbocycles. The van der Waals surface area contributed by atoms with Crippen LogP contribution in [0.25, 0.3) is 0 Å². The van der Waals surface area contributed by atoms with Crippen LogP contribution in [0.1, 0.15) is 47.5 Å². The predicted molar refractivity (Wildman–Crippen MR) is 104 cm³/mol. The molecule has 4 rings (SSSR count). The zero-order valence-corrected chi connectivity index (χ0v) is 16.6. The summed E-state index contributed by atoms with van der Waals surface area (Å²) < 4.78 is 16.0. The Bertz CT molecular complexity index is 824. The Morgan fingerprint density at radius 1 is 1.18 bits per heavy atom. The first-order chi connectivity index (χ1) is 13.6. The Kier molecular flexibility index (Phi) is 5.26. The van der Waals surface area contributed by atoms with Crippen molar-refractivity contribution in [3.63, 3.8) is 0 Å². The van der Waals surface area contributed by atoms with Crippen LogP contribution >= 0.6 is 0 Å². The minimum Gasteiger partial charge on any atom is -0.497 e. The average Bonchev–Trinajstić information content (AvgIpc) is 3.32. The molecule has 0 radical (unpaired) electrons. The molecule has 2 aliphatic rings. The molecular formula is C21H27N3O4. The van der Waals surface area contributed by atoms with E-state index in [-0.39, 0.29) is 11.9 Å². The Labute approximate surface area is 165 Å². The third-order valence-corrected chi connectivity index (χ3v) is 5.56. The Balaban J connectivity index is 1.36. The van der Waals surface area contributed by atoms with E-state index in [1.54, 1.807) is 20.3 Å². The molecule has 0 spiro atoms. The number of aromatic nitrogens is 1. The van der Waals surface area contributed by atoms with Gasteiger partial charge in [0.05, 0.1) is 14.2 Å². The molecule has 1 aliphatic carbocycles. The summed E-state index contributed by atoms with van der Waals surface area (Å²) in [6.45, 7) is 4.64. The Morgan fingerprint density at radius 2 is 1.89 bits per heavy atom. The summed E-state index contributed by atoms with van der Waals surface area (Å²) in [7, 11) is 3.31. The third kappa shape index (κ3) is 4.14. The molecule has 1 aromatic heterocycles. The first kappa shape index (κ1) is 18.8. The molecule has 2 fully saturated rings. The van der Waals surface area contributed by atoms with Crippen molar-refractivity contribution < 1.29 is 18.8 Å². The highest BCUT2D eigenvalue weighted by Crippen LogP contribution is 2.40. The largest absolute Gasteiger partial charge is 0.497 e. The van der Waals surface area contributed by atoms with Gasteiger partial charge in [0.2, 0.25) is 0 Å². The van der Waals surface area contributed by atoms with E-state index in [0.717, 1.165) is 55.3 Å². The molecule has 1 N–H and O–H groups in total. The molecule has 2 unspecified atom stereocenters. The van der Waals surface area contributed by atoms with Gasteiger partial charge in [0.15, 0.2) is 5.69 Å². The molecule has 150 valence electrons. The molecular weight excluding hydrogens is 358 g/mol. The maximum atomic E-state index is 12.5. The second-order valence-corrected chi connectivity index (χ2v) is 7.86. The van der Waals surface area contributed by atoms with Gasteiger partial charge in [0.25, 0.3) is 5.91 Å². The molecule has 1 aliphatic heterocycles. The molecule has 28 heavy (non-hydrogen) atoms. The van der Waals surface area contributed by atoms with E-state index in [1.807, 2.05) is 18.2 Å². The number of carbonyl (C=O) groups is 1. The lowest BCUT2D eigenvalue weighted by molar-refractivity contribution is 0.0922. The summed E-state index contributed by atoms with van der Waals surface area (Å²) in [6, 6.07) is 7.78. The minimum absolute atomic E-state index is 0.0843. The van der Waals surface area contributed by atoms with Gasteiger partial charge in [0.1, 0.15) is 17.3 Å². The van der Waals surface area contributed by atoms with Crippen molar-refractivity contribution in [3.8, 4) is 11.5 Å². The topological polar surface area (TPSA) is 76.8 Å². The fourth-order valence-corrected chi connectivity index (χ4v) is 3.80. The van der Waals surface area contributed by atoms with E-state index in [0.29, 0.717) is 17.5 Å². The smallest absolute Gasteiger partial charge is 0.273 e. The van der Waals surface area contributed by atoms with Crippen LogP contribution in [0, 0.1) is 5.92 Å². The van der Waals surface area contributed by atoms with Crippen LogP contribution < -0.4 is 14.8 Å². The van der Waals surface area contributed by atoms with Crippen LogP contribution in [-0.2, 0) is 6.54 Å². The van der Waals surface area contributed by atoms with Gasteiger partial charge in [0, 0.05) is 43.7 Å². The molecule has 2 aromatic rings. The van der Waals surface area contributed by atoms with E-state index in [9.17, 15) is 4.79 Å². The van der Waals surface area contributed by atoms with Gasteiger partial charge in [-0.2, -0.15) is 0 Å². The van der Waals surface area contributed by atoms with Gasteiger partial charge < -0.3 is 19.3 Å². The lowest BCUT2D eigenvalue weighted by Gasteiger charge is -2.17. The minimum atomic E-state index is -0.155. The zero-order chi connectivity index (χ0) is 19.7. The summed E-state index contributed by atoms with van der Waals surface area (Å²) in [6.07, 6.45) is 2.25. The van der Waals surface area contributed by atoms with Crippen molar-refractivity contribution in [1.29, 1.82) is 0 Å². The van der Waals surface area contributed by atoms with Gasteiger partial charge in [-0.05, 0) is 36.5 Å². The first-order valence-electron chi connectivity index (χ1n) is 9.77. The molecule has 7 nitrogen and oxygen atoms in total. The number of methoxy groups -OCH3 is 2. The van der Waals surface area contributed by atoms with E-state index in [4.69, 9.17) is 14.0 Å². The zero-order valence-electron chi connectivity index (χ0n) is 16.6. The van der Waals surface area contributed by atoms with Crippen molar-refractivity contribution >= 4 is 5.91 Å². The second-order valence-electron chi connectivity index (χ2n) is 7.86. The van der Waals surface area contributed by atoms with Gasteiger partial charge in [-0.3, -0.25) is 9.69 Å². The molecule has 2 atom stereocenters. The standard InChI is InChI=1S/C21H27N3O4/c1-13-10-24(11-14-6-16(26-2)8-17(7-14)27-3)12-19(13)22-21(25)18-9-20(28-23-18)15-4-5-15/h6-9,13,15,19H,4-5,10-12H2,1-3H3,(H,22,25). The van der Waals surface area contributed by atoms with E-state index in [1.165, 1.54) is 0 Å². The summed E-state index contributed by atoms with van der Waals surface area (Å²) in [5, 5.41) is 7.07. The molecule has 0 bridgehead atoms. The van der Waals surface area contributed by atoms with Crippen LogP contribution in [0.4, 0.5) is 0 Å². The van der Waals surface area contributed by atoms with Gasteiger partial charge in [-0.1, -0.05) is 12.1 Å². The second kappa shape index (κ2) is 7.83. The lowest BCUT2D eigenvalue weighted by atomic mass is 10.1. The monoisotopic (exact) mass is 385 g/mol. The molecule has 7 heteroatoms. The van der Waals surface area contributed by atoms with Gasteiger partial charge in [-0.15, -0.1) is 0 Å². The van der Waals surface area contributed by atoms with Crippen LogP contribution in [0.5, 0.6) is 11.5 Å². The van der Waals surface area contributed by atoms with Crippen LogP contribution in [0.15, 0.2) is 28.8 Å². The van der Waals surface area contributed by atoms with E-state index < -0.39 is 0 Å². The molecule has 1 aromatic carbocycles. The Morgan fingerprint density at radius 3 is 2.54 bits per heavy atom. The van der Waals surface area contributed by atoms with Crippen LogP contribution in [0.3, 0.4) is 0 Å². The van der Waals surface area contributed by atoms with Gasteiger partial charge >= 0.3 is 0 Å². The number of likely N-dealkylation sites (tertiary alicyclic amines) is 1. The van der Waals surface area contributed by atoms with Crippen LogP contribution in [0.2, 0.25) is 0 Å². The van der Waals surface area contributed by atoms with Crippen molar-refractivity contribution in [2.45, 2.75) is 38.3 Å². The quantitative estimate of drug-likeness (QED) is 0.790. The van der Waals surface area contributed by atoms with Crippen molar-refractivity contribution in [1.82, 2.24) is 15.4 Å². The normalized spacial score (nSPS) is 22.2. The number of benzene rings is 1. The number of nitrogens with one attached hydrogen (secondary N) is 1. The maximum absolute atomic E-state index is 12.5. The summed E-state index contributed by atoms with van der Waals surface area (Å²) in [4.78, 5) is 14.9. The molecule has 2 heterocycles. The number of carbonyl (C=O) groups excluding carboxylic acids is 1. The predicted octanol–water partition coefficient (Wildman–Crippen LogP) is 2.82. The molecule has 1 amide bonds. The number of hydrogen-bond donors (Lipinski definition) is 1. The highest BCUT2D eigenvalue weighted by Gasteiger charge is 2.33. The third-order valence-electron chi connectivity index (χ3n) is 5.56. The maximum Gasteiger partial charge on any atom is 0.273 e. The summed E-state index contributed by atoms with van der Waals surface area (Å²) in [5.41, 5.74) is 1.51. The number of ether oxygens (including phenoxy) is 2. The van der Waals surface area contributed by atoms with Gasteiger partial charge in [-0.25, -0.2) is 0 Å². The summed E-state index contributed by atoms with van der Waals surface area (Å²) in [5.74, 6) is 3.05. The SMILES string of the molecule is COc1cc(CN2CC(C)C(NC(=O)c3cc(C4CC4)on3)C2)cc(OC)c1. The number of rotatable bonds is 7. The van der Waals surface area contributed by atoms with Crippen molar-refractivity contribution in [2.24, 2.45) is 5.92 Å². The first-order valence-corrected chi connectivity index (χ1v) is 9.77. The average molecular weight is 385 g/mol. The van der Waals surface area contributed by atoms with Crippen LogP contribution in [-0.4, -0.2) is 49.3 Å². The number of nitrogens with zero attached hydrogens (tertiary/aromatic N) is 2. The van der Waals surface area contributed by atoms with Crippen molar-refractivity contribution in [2.75, 3.05) is 27.3 Å². The Hall–Kier alpha value is -2.54. The fraction of sp³-hybridized carbons (Fsp3) is 0.524. The highest BCUT2D eigenvalue weighted by molar-refractivity contribution is 5.92.